The lowest BCUT2D eigenvalue weighted by Gasteiger charge is -2.25. The Morgan fingerprint density at radius 3 is 3.00 bits per heavy atom. The second kappa shape index (κ2) is 6.59. The molecule has 0 radical (unpaired) electrons. The molecule has 0 saturated heterocycles. The van der Waals surface area contributed by atoms with Crippen LogP contribution in [0.25, 0.3) is 0 Å². The SMILES string of the molecule is OC1CCCCCC1NCc1cccc2c1NCCC2. The summed E-state index contributed by atoms with van der Waals surface area (Å²) in [6.45, 7) is 1.94. The van der Waals surface area contributed by atoms with Gasteiger partial charge in [-0.15, -0.1) is 0 Å². The van der Waals surface area contributed by atoms with Crippen LogP contribution in [0.4, 0.5) is 5.69 Å². The maximum Gasteiger partial charge on any atom is 0.0693 e. The molecule has 2 atom stereocenters. The zero-order valence-electron chi connectivity index (χ0n) is 12.2. The Morgan fingerprint density at radius 1 is 1.15 bits per heavy atom. The Hall–Kier alpha value is -1.06. The molecule has 0 aromatic heterocycles. The summed E-state index contributed by atoms with van der Waals surface area (Å²) in [5, 5.41) is 17.3. The van der Waals surface area contributed by atoms with Crippen molar-refractivity contribution in [3.63, 3.8) is 0 Å². The number of hydrogen-bond donors (Lipinski definition) is 3. The average Bonchev–Trinajstić information content (AvgIpc) is 2.69. The third-order valence-electron chi connectivity index (χ3n) is 4.70. The fourth-order valence-electron chi connectivity index (χ4n) is 3.50. The van der Waals surface area contributed by atoms with E-state index in [1.54, 1.807) is 0 Å². The quantitative estimate of drug-likeness (QED) is 0.743. The van der Waals surface area contributed by atoms with Crippen molar-refractivity contribution < 1.29 is 5.11 Å². The summed E-state index contributed by atoms with van der Waals surface area (Å²) < 4.78 is 0. The van der Waals surface area contributed by atoms with Crippen LogP contribution in [-0.4, -0.2) is 23.8 Å². The molecule has 3 nitrogen and oxygen atoms in total. The zero-order valence-corrected chi connectivity index (χ0v) is 12.2. The summed E-state index contributed by atoms with van der Waals surface area (Å²) in [5.74, 6) is 0. The largest absolute Gasteiger partial charge is 0.392 e. The lowest BCUT2D eigenvalue weighted by molar-refractivity contribution is 0.119. The highest BCUT2D eigenvalue weighted by atomic mass is 16.3. The lowest BCUT2D eigenvalue weighted by Crippen LogP contribution is -2.38. The summed E-state index contributed by atoms with van der Waals surface area (Å²) in [5.41, 5.74) is 4.12. The van der Waals surface area contributed by atoms with E-state index in [2.05, 4.69) is 28.8 Å². The zero-order chi connectivity index (χ0) is 13.8. The Morgan fingerprint density at radius 2 is 2.05 bits per heavy atom. The molecule has 1 fully saturated rings. The van der Waals surface area contributed by atoms with Gasteiger partial charge in [0, 0.05) is 24.8 Å². The smallest absolute Gasteiger partial charge is 0.0693 e. The highest BCUT2D eigenvalue weighted by molar-refractivity contribution is 5.59. The third-order valence-corrected chi connectivity index (χ3v) is 4.70. The van der Waals surface area contributed by atoms with E-state index < -0.39 is 0 Å². The molecule has 0 spiro atoms. The van der Waals surface area contributed by atoms with E-state index in [1.807, 2.05) is 0 Å². The highest BCUT2D eigenvalue weighted by Crippen LogP contribution is 2.26. The van der Waals surface area contributed by atoms with Gasteiger partial charge in [-0.2, -0.15) is 0 Å². The van der Waals surface area contributed by atoms with Crippen molar-refractivity contribution in [3.05, 3.63) is 29.3 Å². The van der Waals surface area contributed by atoms with Crippen molar-refractivity contribution in [2.45, 2.75) is 63.6 Å². The van der Waals surface area contributed by atoms with E-state index in [0.29, 0.717) is 0 Å². The van der Waals surface area contributed by atoms with Gasteiger partial charge in [0.1, 0.15) is 0 Å². The number of benzene rings is 1. The molecule has 3 N–H and O–H groups in total. The van der Waals surface area contributed by atoms with E-state index in [0.717, 1.165) is 25.9 Å². The summed E-state index contributed by atoms with van der Waals surface area (Å²) in [6.07, 6.45) is 7.95. The Balaban J connectivity index is 1.66. The second-order valence-electron chi connectivity index (χ2n) is 6.17. The van der Waals surface area contributed by atoms with Crippen LogP contribution in [0.3, 0.4) is 0 Å². The van der Waals surface area contributed by atoms with Crippen LogP contribution in [0.15, 0.2) is 18.2 Å². The summed E-state index contributed by atoms with van der Waals surface area (Å²) >= 11 is 0. The molecule has 1 aliphatic heterocycles. The number of anilines is 1. The highest BCUT2D eigenvalue weighted by Gasteiger charge is 2.21. The van der Waals surface area contributed by atoms with Crippen LogP contribution in [-0.2, 0) is 13.0 Å². The minimum Gasteiger partial charge on any atom is -0.392 e. The number of aliphatic hydroxyl groups is 1. The predicted molar refractivity (Wildman–Crippen MR) is 83.0 cm³/mol. The first-order valence-corrected chi connectivity index (χ1v) is 8.10. The first-order valence-electron chi connectivity index (χ1n) is 8.10. The Kier molecular flexibility index (Phi) is 4.58. The number of fused-ring (bicyclic) bond motifs is 1. The maximum absolute atomic E-state index is 10.2. The second-order valence-corrected chi connectivity index (χ2v) is 6.17. The van der Waals surface area contributed by atoms with Crippen molar-refractivity contribution in [1.29, 1.82) is 0 Å². The van der Waals surface area contributed by atoms with Crippen molar-refractivity contribution in [2.24, 2.45) is 0 Å². The molecule has 1 aromatic rings. The van der Waals surface area contributed by atoms with Crippen molar-refractivity contribution >= 4 is 5.69 Å². The molecule has 0 amide bonds. The molecular weight excluding hydrogens is 248 g/mol. The Bertz CT molecular complexity index is 447. The van der Waals surface area contributed by atoms with Gasteiger partial charge in [0.2, 0.25) is 0 Å². The Labute approximate surface area is 121 Å². The lowest BCUT2D eigenvalue weighted by atomic mass is 9.99. The van der Waals surface area contributed by atoms with Gasteiger partial charge in [-0.3, -0.25) is 0 Å². The molecule has 3 rings (SSSR count). The topological polar surface area (TPSA) is 44.3 Å². The molecule has 110 valence electrons. The van der Waals surface area contributed by atoms with Crippen LogP contribution >= 0.6 is 0 Å². The number of nitrogens with one attached hydrogen (secondary N) is 2. The maximum atomic E-state index is 10.2. The molecular formula is C17H26N2O. The number of para-hydroxylation sites is 1. The monoisotopic (exact) mass is 274 g/mol. The number of rotatable bonds is 3. The standard InChI is InChI=1S/C17H26N2O/c20-16-10-3-1-2-9-15(16)19-12-14-7-4-6-13-8-5-11-18-17(13)14/h4,6-7,15-16,18-20H,1-3,5,8-12H2. The molecule has 1 heterocycles. The molecule has 1 saturated carbocycles. The fraction of sp³-hybridized carbons (Fsp3) is 0.647. The van der Waals surface area contributed by atoms with Gasteiger partial charge in [0.05, 0.1) is 6.10 Å². The van der Waals surface area contributed by atoms with Gasteiger partial charge >= 0.3 is 0 Å². The van der Waals surface area contributed by atoms with Gasteiger partial charge in [-0.25, -0.2) is 0 Å². The molecule has 1 aromatic carbocycles. The first kappa shape index (κ1) is 13.9. The van der Waals surface area contributed by atoms with Crippen molar-refractivity contribution in [3.8, 4) is 0 Å². The first-order chi connectivity index (χ1) is 9.84. The normalized spacial score (nSPS) is 26.4. The van der Waals surface area contributed by atoms with Gasteiger partial charge in [-0.05, 0) is 36.8 Å². The predicted octanol–water partition coefficient (Wildman–Crippen LogP) is 2.83. The van der Waals surface area contributed by atoms with E-state index in [4.69, 9.17) is 0 Å². The van der Waals surface area contributed by atoms with Crippen molar-refractivity contribution in [1.82, 2.24) is 5.32 Å². The van der Waals surface area contributed by atoms with Crippen molar-refractivity contribution in [2.75, 3.05) is 11.9 Å². The molecule has 2 unspecified atom stereocenters. The van der Waals surface area contributed by atoms with E-state index in [1.165, 1.54) is 48.9 Å². The van der Waals surface area contributed by atoms with Gasteiger partial charge in [0.15, 0.2) is 0 Å². The number of aryl methyl sites for hydroxylation is 1. The molecule has 3 heteroatoms. The molecule has 1 aliphatic carbocycles. The molecule has 0 bridgehead atoms. The van der Waals surface area contributed by atoms with Crippen LogP contribution in [0, 0.1) is 0 Å². The average molecular weight is 274 g/mol. The van der Waals surface area contributed by atoms with Crippen LogP contribution in [0.2, 0.25) is 0 Å². The summed E-state index contributed by atoms with van der Waals surface area (Å²) in [6, 6.07) is 6.85. The van der Waals surface area contributed by atoms with E-state index in [9.17, 15) is 5.11 Å². The molecule has 20 heavy (non-hydrogen) atoms. The fourth-order valence-corrected chi connectivity index (χ4v) is 3.50. The minimum atomic E-state index is -0.176. The van der Waals surface area contributed by atoms with Gasteiger partial charge in [0.25, 0.3) is 0 Å². The van der Waals surface area contributed by atoms with Crippen LogP contribution in [0.5, 0.6) is 0 Å². The van der Waals surface area contributed by atoms with E-state index in [-0.39, 0.29) is 12.1 Å². The van der Waals surface area contributed by atoms with Gasteiger partial charge in [-0.1, -0.05) is 37.5 Å². The third kappa shape index (κ3) is 3.15. The minimum absolute atomic E-state index is 0.176. The number of hydrogen-bond acceptors (Lipinski definition) is 3. The van der Waals surface area contributed by atoms with E-state index >= 15 is 0 Å². The van der Waals surface area contributed by atoms with Gasteiger partial charge < -0.3 is 15.7 Å². The number of aliphatic hydroxyl groups excluding tert-OH is 1. The van der Waals surface area contributed by atoms with Crippen LogP contribution < -0.4 is 10.6 Å². The summed E-state index contributed by atoms with van der Waals surface area (Å²) in [7, 11) is 0. The van der Waals surface area contributed by atoms with Crippen LogP contribution in [0.1, 0.15) is 49.7 Å². The summed E-state index contributed by atoms with van der Waals surface area (Å²) in [4.78, 5) is 0. The molecule has 2 aliphatic rings.